The van der Waals surface area contributed by atoms with Crippen molar-refractivity contribution in [3.63, 3.8) is 0 Å². The largest absolute Gasteiger partial charge is 0.493 e. The van der Waals surface area contributed by atoms with Gasteiger partial charge in [0.1, 0.15) is 11.6 Å². The fourth-order valence-electron chi connectivity index (χ4n) is 1.43. The molecule has 0 radical (unpaired) electrons. The van der Waals surface area contributed by atoms with Crippen LogP contribution in [0.25, 0.3) is 6.08 Å². The zero-order valence-electron chi connectivity index (χ0n) is 10.6. The predicted octanol–water partition coefficient (Wildman–Crippen LogP) is 2.09. The fourth-order valence-corrected chi connectivity index (χ4v) is 2.21. The average molecular weight is 372 g/mol. The standard InChI is InChI=1S/C13H13IN2O3/c1-3-19-12-10(14)5-8(6-11(12)18-2)4-9(7-15)13(16)17/h4-6H,3H2,1-2H3,(H2,16,17). The number of primary amides is 1. The minimum atomic E-state index is -0.759. The molecule has 0 saturated heterocycles. The van der Waals surface area contributed by atoms with Crippen molar-refractivity contribution in [2.45, 2.75) is 6.92 Å². The third-order valence-electron chi connectivity index (χ3n) is 2.24. The molecule has 0 heterocycles. The molecule has 0 fully saturated rings. The van der Waals surface area contributed by atoms with Gasteiger partial charge in [-0.3, -0.25) is 4.79 Å². The smallest absolute Gasteiger partial charge is 0.259 e. The minimum Gasteiger partial charge on any atom is -0.493 e. The first kappa shape index (κ1) is 15.3. The van der Waals surface area contributed by atoms with Crippen molar-refractivity contribution in [1.29, 1.82) is 5.26 Å². The van der Waals surface area contributed by atoms with E-state index in [4.69, 9.17) is 20.5 Å². The van der Waals surface area contributed by atoms with Crippen LogP contribution in [0.2, 0.25) is 0 Å². The molecule has 0 spiro atoms. The van der Waals surface area contributed by atoms with E-state index in [2.05, 4.69) is 22.6 Å². The van der Waals surface area contributed by atoms with Gasteiger partial charge in [-0.05, 0) is 53.3 Å². The summed E-state index contributed by atoms with van der Waals surface area (Å²) in [6.45, 7) is 2.40. The summed E-state index contributed by atoms with van der Waals surface area (Å²) in [5, 5.41) is 8.82. The molecular formula is C13H13IN2O3. The third kappa shape index (κ3) is 3.86. The second kappa shape index (κ2) is 6.99. The van der Waals surface area contributed by atoms with Gasteiger partial charge < -0.3 is 15.2 Å². The van der Waals surface area contributed by atoms with Gasteiger partial charge in [0.2, 0.25) is 0 Å². The van der Waals surface area contributed by atoms with E-state index in [0.29, 0.717) is 23.7 Å². The zero-order chi connectivity index (χ0) is 14.4. The van der Waals surface area contributed by atoms with E-state index in [1.54, 1.807) is 18.2 Å². The molecule has 0 saturated carbocycles. The summed E-state index contributed by atoms with van der Waals surface area (Å²) in [5.74, 6) is 0.424. The Labute approximate surface area is 125 Å². The molecule has 1 aromatic rings. The van der Waals surface area contributed by atoms with Gasteiger partial charge >= 0.3 is 0 Å². The highest BCUT2D eigenvalue weighted by Gasteiger charge is 2.11. The second-order valence-electron chi connectivity index (χ2n) is 3.50. The topological polar surface area (TPSA) is 85.3 Å². The number of carbonyl (C=O) groups is 1. The van der Waals surface area contributed by atoms with Crippen molar-refractivity contribution in [2.24, 2.45) is 5.73 Å². The molecule has 1 rings (SSSR count). The number of nitriles is 1. The number of benzene rings is 1. The Kier molecular flexibility index (Phi) is 5.63. The Bertz CT molecular complexity index is 562. The van der Waals surface area contributed by atoms with Crippen LogP contribution >= 0.6 is 22.6 Å². The van der Waals surface area contributed by atoms with Gasteiger partial charge in [-0.25, -0.2) is 0 Å². The molecule has 1 amide bonds. The molecule has 0 unspecified atom stereocenters. The van der Waals surface area contributed by atoms with E-state index in [1.807, 2.05) is 6.92 Å². The molecule has 6 heteroatoms. The maximum Gasteiger partial charge on any atom is 0.259 e. The summed E-state index contributed by atoms with van der Waals surface area (Å²) in [7, 11) is 1.53. The fraction of sp³-hybridized carbons (Fsp3) is 0.231. The Morgan fingerprint density at radius 2 is 2.26 bits per heavy atom. The molecule has 5 nitrogen and oxygen atoms in total. The van der Waals surface area contributed by atoms with Crippen LogP contribution in [0, 0.1) is 14.9 Å². The third-order valence-corrected chi connectivity index (χ3v) is 3.04. The normalized spacial score (nSPS) is 10.7. The number of amides is 1. The molecule has 0 aliphatic rings. The van der Waals surface area contributed by atoms with E-state index >= 15 is 0 Å². The Balaban J connectivity index is 3.30. The Hall–Kier alpha value is -1.75. The Morgan fingerprint density at radius 1 is 1.58 bits per heavy atom. The molecule has 0 aliphatic heterocycles. The first-order valence-electron chi connectivity index (χ1n) is 5.45. The van der Waals surface area contributed by atoms with Crippen molar-refractivity contribution in [3.8, 4) is 17.6 Å². The summed E-state index contributed by atoms with van der Waals surface area (Å²) in [6, 6.07) is 5.23. The minimum absolute atomic E-state index is 0.109. The highest BCUT2D eigenvalue weighted by Crippen LogP contribution is 2.34. The van der Waals surface area contributed by atoms with Crippen molar-refractivity contribution < 1.29 is 14.3 Å². The molecule has 0 aromatic heterocycles. The molecule has 2 N–H and O–H groups in total. The van der Waals surface area contributed by atoms with E-state index < -0.39 is 5.91 Å². The van der Waals surface area contributed by atoms with Crippen LogP contribution in [0.5, 0.6) is 11.5 Å². The quantitative estimate of drug-likeness (QED) is 0.487. The van der Waals surface area contributed by atoms with Gasteiger partial charge in [0.15, 0.2) is 11.5 Å². The lowest BCUT2D eigenvalue weighted by molar-refractivity contribution is -0.114. The van der Waals surface area contributed by atoms with Crippen LogP contribution in [0.1, 0.15) is 12.5 Å². The van der Waals surface area contributed by atoms with Gasteiger partial charge in [0.25, 0.3) is 5.91 Å². The number of hydrogen-bond donors (Lipinski definition) is 1. The lowest BCUT2D eigenvalue weighted by Gasteiger charge is -2.12. The van der Waals surface area contributed by atoms with Crippen molar-refractivity contribution in [2.75, 3.05) is 13.7 Å². The predicted molar refractivity (Wildman–Crippen MR) is 79.7 cm³/mol. The number of halogens is 1. The molecule has 19 heavy (non-hydrogen) atoms. The van der Waals surface area contributed by atoms with Gasteiger partial charge in [0, 0.05) is 0 Å². The number of rotatable bonds is 5. The van der Waals surface area contributed by atoms with Crippen LogP contribution < -0.4 is 15.2 Å². The molecule has 0 bridgehead atoms. The van der Waals surface area contributed by atoms with Crippen LogP contribution in [0.4, 0.5) is 0 Å². The van der Waals surface area contributed by atoms with Crippen molar-refractivity contribution in [3.05, 3.63) is 26.8 Å². The highest BCUT2D eigenvalue weighted by molar-refractivity contribution is 14.1. The number of methoxy groups -OCH3 is 1. The Morgan fingerprint density at radius 3 is 2.74 bits per heavy atom. The maximum absolute atomic E-state index is 11.0. The number of nitrogens with zero attached hydrogens (tertiary/aromatic N) is 1. The lowest BCUT2D eigenvalue weighted by Crippen LogP contribution is -2.12. The molecule has 100 valence electrons. The van der Waals surface area contributed by atoms with Crippen LogP contribution in [-0.2, 0) is 4.79 Å². The SMILES string of the molecule is CCOc1c(I)cc(C=C(C#N)C(N)=O)cc1OC. The van der Waals surface area contributed by atoms with E-state index in [9.17, 15) is 4.79 Å². The number of nitrogens with two attached hydrogens (primary N) is 1. The van der Waals surface area contributed by atoms with Crippen LogP contribution in [0.15, 0.2) is 17.7 Å². The lowest BCUT2D eigenvalue weighted by atomic mass is 10.1. The zero-order valence-corrected chi connectivity index (χ0v) is 12.7. The van der Waals surface area contributed by atoms with Gasteiger partial charge in [-0.2, -0.15) is 5.26 Å². The van der Waals surface area contributed by atoms with Crippen LogP contribution in [-0.4, -0.2) is 19.6 Å². The summed E-state index contributed by atoms with van der Waals surface area (Å²) in [4.78, 5) is 11.0. The monoisotopic (exact) mass is 372 g/mol. The van der Waals surface area contributed by atoms with Gasteiger partial charge in [0.05, 0.1) is 17.3 Å². The molecule has 0 aliphatic carbocycles. The van der Waals surface area contributed by atoms with Crippen molar-refractivity contribution >= 4 is 34.6 Å². The van der Waals surface area contributed by atoms with E-state index in [1.165, 1.54) is 13.2 Å². The summed E-state index contributed by atoms with van der Waals surface area (Å²) < 4.78 is 11.5. The number of hydrogen-bond acceptors (Lipinski definition) is 4. The maximum atomic E-state index is 11.0. The highest BCUT2D eigenvalue weighted by atomic mass is 127. The molecular weight excluding hydrogens is 359 g/mol. The summed E-state index contributed by atoms with van der Waals surface area (Å²) in [5.41, 5.74) is 5.64. The second-order valence-corrected chi connectivity index (χ2v) is 4.66. The molecule has 1 aromatic carbocycles. The number of carbonyl (C=O) groups excluding carboxylic acids is 1. The van der Waals surface area contributed by atoms with E-state index in [-0.39, 0.29) is 5.57 Å². The average Bonchev–Trinajstić information content (AvgIpc) is 2.38. The van der Waals surface area contributed by atoms with E-state index in [0.717, 1.165) is 3.57 Å². The summed E-state index contributed by atoms with van der Waals surface area (Å²) in [6.07, 6.45) is 1.42. The molecule has 0 atom stereocenters. The van der Waals surface area contributed by atoms with Gasteiger partial charge in [-0.1, -0.05) is 0 Å². The summed E-state index contributed by atoms with van der Waals surface area (Å²) >= 11 is 2.10. The first-order chi connectivity index (χ1) is 9.03. The number of ether oxygens (including phenoxy) is 2. The first-order valence-corrected chi connectivity index (χ1v) is 6.53. The van der Waals surface area contributed by atoms with Gasteiger partial charge in [-0.15, -0.1) is 0 Å². The van der Waals surface area contributed by atoms with Crippen molar-refractivity contribution in [1.82, 2.24) is 0 Å². The van der Waals surface area contributed by atoms with Crippen LogP contribution in [0.3, 0.4) is 0 Å².